The summed E-state index contributed by atoms with van der Waals surface area (Å²) in [5.41, 5.74) is 11.2. The summed E-state index contributed by atoms with van der Waals surface area (Å²) in [4.78, 5) is 2.36. The van der Waals surface area contributed by atoms with Gasteiger partial charge in [-0.15, -0.1) is 0 Å². The number of hydrogen-bond donors (Lipinski definition) is 0. The lowest BCUT2D eigenvalue weighted by molar-refractivity contribution is 0.629. The van der Waals surface area contributed by atoms with Crippen molar-refractivity contribution in [3.8, 4) is 33.6 Å². The number of fused-ring (bicyclic) bond motifs is 5. The lowest BCUT2D eigenvalue weighted by Gasteiger charge is -2.26. The molecule has 2 heteroatoms. The Morgan fingerprint density at radius 3 is 1.70 bits per heavy atom. The number of furan rings is 1. The third kappa shape index (κ3) is 5.44. The van der Waals surface area contributed by atoms with E-state index in [9.17, 15) is 0 Å². The highest BCUT2D eigenvalue weighted by atomic mass is 16.3. The Morgan fingerprint density at radius 2 is 0.925 bits per heavy atom. The van der Waals surface area contributed by atoms with E-state index in [0.717, 1.165) is 50.5 Å². The SMILES string of the molecule is Cc1c(-c2cccc(-c3ccc(N(c4ccc(-c5cccc6ccccc56)cc4)c4ccc5c(ccc6ccccc65)c4)cc3)c2)oc2ccccc12. The Balaban J connectivity index is 1.05. The maximum atomic E-state index is 6.33. The minimum absolute atomic E-state index is 0.918. The maximum absolute atomic E-state index is 6.33. The van der Waals surface area contributed by atoms with Gasteiger partial charge in [-0.05, 0) is 110 Å². The lowest BCUT2D eigenvalue weighted by Crippen LogP contribution is -2.09. The summed E-state index contributed by atoms with van der Waals surface area (Å²) in [6, 6.07) is 69.9. The Bertz CT molecular complexity index is 2950. The van der Waals surface area contributed by atoms with Crippen LogP contribution in [0.2, 0.25) is 0 Å². The fourth-order valence-corrected chi connectivity index (χ4v) is 7.95. The van der Waals surface area contributed by atoms with Crippen molar-refractivity contribution in [3.63, 3.8) is 0 Å². The maximum Gasteiger partial charge on any atom is 0.138 e. The van der Waals surface area contributed by atoms with Gasteiger partial charge in [-0.3, -0.25) is 0 Å². The molecule has 10 aromatic rings. The molecule has 0 bridgehead atoms. The molecule has 0 N–H and O–H groups in total. The van der Waals surface area contributed by atoms with Gasteiger partial charge < -0.3 is 9.32 Å². The lowest BCUT2D eigenvalue weighted by atomic mass is 9.97. The van der Waals surface area contributed by atoms with Crippen molar-refractivity contribution in [3.05, 3.63) is 200 Å². The summed E-state index contributed by atoms with van der Waals surface area (Å²) >= 11 is 0. The van der Waals surface area contributed by atoms with Gasteiger partial charge in [0.05, 0.1) is 0 Å². The van der Waals surface area contributed by atoms with Crippen LogP contribution >= 0.6 is 0 Å². The minimum atomic E-state index is 0.918. The number of nitrogens with zero attached hydrogens (tertiary/aromatic N) is 1. The number of para-hydroxylation sites is 1. The van der Waals surface area contributed by atoms with E-state index >= 15 is 0 Å². The molecule has 0 atom stereocenters. The van der Waals surface area contributed by atoms with Crippen LogP contribution in [0, 0.1) is 6.92 Å². The molecule has 10 rings (SSSR count). The molecule has 0 radical (unpaired) electrons. The fraction of sp³-hybridized carbons (Fsp3) is 0.0196. The summed E-state index contributed by atoms with van der Waals surface area (Å²) in [6.07, 6.45) is 0. The van der Waals surface area contributed by atoms with Crippen molar-refractivity contribution in [1.82, 2.24) is 0 Å². The summed E-state index contributed by atoms with van der Waals surface area (Å²) in [5, 5.41) is 8.66. The zero-order valence-corrected chi connectivity index (χ0v) is 29.3. The van der Waals surface area contributed by atoms with Gasteiger partial charge >= 0.3 is 0 Å². The molecule has 0 spiro atoms. The van der Waals surface area contributed by atoms with Crippen molar-refractivity contribution in [2.75, 3.05) is 4.90 Å². The Kier molecular flexibility index (Phi) is 7.40. The highest BCUT2D eigenvalue weighted by molar-refractivity contribution is 6.08. The van der Waals surface area contributed by atoms with E-state index in [1.165, 1.54) is 49.0 Å². The van der Waals surface area contributed by atoms with Crippen LogP contribution in [0.4, 0.5) is 17.1 Å². The van der Waals surface area contributed by atoms with E-state index in [1.54, 1.807) is 0 Å². The second-order valence-electron chi connectivity index (χ2n) is 13.8. The zero-order chi connectivity index (χ0) is 35.3. The predicted octanol–water partition coefficient (Wildman–Crippen LogP) is 14.7. The van der Waals surface area contributed by atoms with Gasteiger partial charge in [-0.2, -0.15) is 0 Å². The van der Waals surface area contributed by atoms with Crippen molar-refractivity contribution >= 4 is 60.3 Å². The molecule has 0 unspecified atom stereocenters. The van der Waals surface area contributed by atoms with E-state index < -0.39 is 0 Å². The largest absolute Gasteiger partial charge is 0.456 e. The van der Waals surface area contributed by atoms with Crippen LogP contribution in [-0.4, -0.2) is 0 Å². The van der Waals surface area contributed by atoms with Gasteiger partial charge in [-0.25, -0.2) is 0 Å². The number of anilines is 3. The first kappa shape index (κ1) is 30.9. The molecule has 9 aromatic carbocycles. The fourth-order valence-electron chi connectivity index (χ4n) is 7.95. The van der Waals surface area contributed by atoms with Crippen LogP contribution in [0.5, 0.6) is 0 Å². The van der Waals surface area contributed by atoms with Crippen LogP contribution < -0.4 is 4.90 Å². The van der Waals surface area contributed by atoms with Gasteiger partial charge in [0.15, 0.2) is 0 Å². The monoisotopic (exact) mass is 677 g/mol. The van der Waals surface area contributed by atoms with E-state index in [1.807, 2.05) is 12.1 Å². The molecule has 0 aliphatic carbocycles. The van der Waals surface area contributed by atoms with E-state index in [-0.39, 0.29) is 0 Å². The Hall–Kier alpha value is -6.90. The van der Waals surface area contributed by atoms with Crippen molar-refractivity contribution in [2.24, 2.45) is 0 Å². The van der Waals surface area contributed by atoms with Gasteiger partial charge in [0.25, 0.3) is 0 Å². The summed E-state index contributed by atoms with van der Waals surface area (Å²) < 4.78 is 6.33. The van der Waals surface area contributed by atoms with Crippen LogP contribution in [-0.2, 0) is 0 Å². The quantitative estimate of drug-likeness (QED) is 0.163. The molecule has 0 saturated heterocycles. The third-order valence-electron chi connectivity index (χ3n) is 10.6. The highest BCUT2D eigenvalue weighted by Crippen LogP contribution is 2.40. The van der Waals surface area contributed by atoms with E-state index in [2.05, 4.69) is 194 Å². The van der Waals surface area contributed by atoms with E-state index in [4.69, 9.17) is 4.42 Å². The smallest absolute Gasteiger partial charge is 0.138 e. The minimum Gasteiger partial charge on any atom is -0.456 e. The van der Waals surface area contributed by atoms with Crippen LogP contribution in [0.15, 0.2) is 199 Å². The molecule has 0 aliphatic heterocycles. The number of aryl methyl sites for hydroxylation is 1. The third-order valence-corrected chi connectivity index (χ3v) is 10.6. The molecule has 1 aromatic heterocycles. The molecule has 0 amide bonds. The molecular formula is C51H35NO. The standard InChI is InChI=1S/C51H35NO/c1-34-45-15-6-7-19-50(45)53-51(34)41-14-8-13-39(32-41)35-22-26-42(27-23-35)52(44-30-31-49-40(33-44)21-20-37-11-3-5-17-47(37)49)43-28-24-38(25-29-43)48-18-9-12-36-10-2-4-16-46(36)48/h2-33H,1H3. The number of rotatable bonds is 6. The molecule has 1 heterocycles. The van der Waals surface area contributed by atoms with Gasteiger partial charge in [0.1, 0.15) is 11.3 Å². The van der Waals surface area contributed by atoms with Gasteiger partial charge in [-0.1, -0.05) is 146 Å². The molecule has 250 valence electrons. The van der Waals surface area contributed by atoms with Crippen LogP contribution in [0.25, 0.3) is 76.9 Å². The topological polar surface area (TPSA) is 16.4 Å². The first-order valence-corrected chi connectivity index (χ1v) is 18.2. The number of benzene rings is 9. The normalized spacial score (nSPS) is 11.5. The van der Waals surface area contributed by atoms with Crippen LogP contribution in [0.3, 0.4) is 0 Å². The average molecular weight is 678 g/mol. The Labute approximate surface area is 308 Å². The molecular weight excluding hydrogens is 643 g/mol. The van der Waals surface area contributed by atoms with Gasteiger partial charge in [0.2, 0.25) is 0 Å². The predicted molar refractivity (Wildman–Crippen MR) is 224 cm³/mol. The average Bonchev–Trinajstić information content (AvgIpc) is 3.57. The summed E-state index contributed by atoms with van der Waals surface area (Å²) in [5.74, 6) is 0.923. The molecule has 0 fully saturated rings. The number of hydrogen-bond acceptors (Lipinski definition) is 2. The van der Waals surface area contributed by atoms with Crippen molar-refractivity contribution in [2.45, 2.75) is 6.92 Å². The first-order valence-electron chi connectivity index (χ1n) is 18.2. The van der Waals surface area contributed by atoms with Gasteiger partial charge in [0, 0.05) is 33.6 Å². The first-order chi connectivity index (χ1) is 26.2. The molecule has 53 heavy (non-hydrogen) atoms. The van der Waals surface area contributed by atoms with Crippen molar-refractivity contribution < 1.29 is 4.42 Å². The zero-order valence-electron chi connectivity index (χ0n) is 29.3. The highest BCUT2D eigenvalue weighted by Gasteiger charge is 2.16. The summed E-state index contributed by atoms with van der Waals surface area (Å²) in [7, 11) is 0. The van der Waals surface area contributed by atoms with Crippen LogP contribution in [0.1, 0.15) is 5.56 Å². The Morgan fingerprint density at radius 1 is 0.358 bits per heavy atom. The molecule has 0 aliphatic rings. The van der Waals surface area contributed by atoms with E-state index in [0.29, 0.717) is 0 Å². The second-order valence-corrected chi connectivity index (χ2v) is 13.8. The summed E-state index contributed by atoms with van der Waals surface area (Å²) in [6.45, 7) is 2.14. The van der Waals surface area contributed by atoms with Crippen molar-refractivity contribution in [1.29, 1.82) is 0 Å². The second kappa shape index (κ2) is 12.7. The molecule has 2 nitrogen and oxygen atoms in total. The molecule has 0 saturated carbocycles.